The van der Waals surface area contributed by atoms with Crippen LogP contribution in [-0.4, -0.2) is 13.0 Å². The number of amides is 1. The third kappa shape index (κ3) is 5.34. The van der Waals surface area contributed by atoms with Crippen LogP contribution in [0.2, 0.25) is 0 Å². The van der Waals surface area contributed by atoms with E-state index in [1.165, 1.54) is 12.8 Å². The molecule has 1 unspecified atom stereocenters. The number of hydrogen-bond donors (Lipinski definition) is 1. The van der Waals surface area contributed by atoms with E-state index in [-0.39, 0.29) is 0 Å². The van der Waals surface area contributed by atoms with Crippen molar-refractivity contribution in [2.24, 2.45) is 5.92 Å². The van der Waals surface area contributed by atoms with Crippen molar-refractivity contribution in [1.29, 1.82) is 0 Å². The van der Waals surface area contributed by atoms with E-state index in [9.17, 15) is 4.79 Å². The average Bonchev–Trinajstić information content (AvgIpc) is 1.85. The van der Waals surface area contributed by atoms with Gasteiger partial charge in [-0.15, -0.1) is 0 Å². The fourth-order valence-corrected chi connectivity index (χ4v) is 0.844. The van der Waals surface area contributed by atoms with Crippen molar-refractivity contribution >= 4 is 6.41 Å². The molecule has 0 fully saturated rings. The van der Waals surface area contributed by atoms with Crippen LogP contribution >= 0.6 is 0 Å². The second kappa shape index (κ2) is 5.60. The van der Waals surface area contributed by atoms with E-state index in [2.05, 4.69) is 19.2 Å². The van der Waals surface area contributed by atoms with E-state index in [1.54, 1.807) is 0 Å². The Labute approximate surface area is 56.6 Å². The van der Waals surface area contributed by atoms with Crippen LogP contribution in [0, 0.1) is 5.92 Å². The molecular formula is C7H15NO. The Balaban J connectivity index is 3.04. The lowest BCUT2D eigenvalue weighted by Gasteiger charge is -2.06. The van der Waals surface area contributed by atoms with Crippen molar-refractivity contribution in [2.75, 3.05) is 6.54 Å². The van der Waals surface area contributed by atoms with E-state index >= 15 is 0 Å². The summed E-state index contributed by atoms with van der Waals surface area (Å²) in [4.78, 5) is 9.80. The smallest absolute Gasteiger partial charge is 0.207 e. The summed E-state index contributed by atoms with van der Waals surface area (Å²) in [5.41, 5.74) is 0. The van der Waals surface area contributed by atoms with Crippen LogP contribution in [0.3, 0.4) is 0 Å². The van der Waals surface area contributed by atoms with Gasteiger partial charge in [0.15, 0.2) is 0 Å². The largest absolute Gasteiger partial charge is 0.358 e. The minimum atomic E-state index is 0.625. The molecule has 1 amide bonds. The third-order valence-electron chi connectivity index (χ3n) is 1.33. The van der Waals surface area contributed by atoms with Gasteiger partial charge in [0.25, 0.3) is 0 Å². The zero-order valence-corrected chi connectivity index (χ0v) is 6.18. The molecule has 0 spiro atoms. The Kier molecular flexibility index (Phi) is 5.27. The average molecular weight is 129 g/mol. The minimum absolute atomic E-state index is 0.625. The van der Waals surface area contributed by atoms with E-state index < -0.39 is 0 Å². The van der Waals surface area contributed by atoms with Gasteiger partial charge in [-0.1, -0.05) is 20.3 Å². The van der Waals surface area contributed by atoms with Gasteiger partial charge in [-0.2, -0.15) is 0 Å². The molecule has 0 aromatic rings. The maximum Gasteiger partial charge on any atom is 0.207 e. The summed E-state index contributed by atoms with van der Waals surface area (Å²) in [5.74, 6) is 0.625. The fraction of sp³-hybridized carbons (Fsp3) is 0.857. The van der Waals surface area contributed by atoms with Crippen LogP contribution in [0.1, 0.15) is 26.7 Å². The third-order valence-corrected chi connectivity index (χ3v) is 1.33. The molecule has 0 aliphatic carbocycles. The van der Waals surface area contributed by atoms with Crippen LogP contribution in [0.4, 0.5) is 0 Å². The summed E-state index contributed by atoms with van der Waals surface area (Å²) in [5, 5.41) is 2.65. The Morgan fingerprint density at radius 1 is 1.67 bits per heavy atom. The molecule has 0 aromatic heterocycles. The van der Waals surface area contributed by atoms with Gasteiger partial charge >= 0.3 is 0 Å². The quantitative estimate of drug-likeness (QED) is 0.555. The number of hydrogen-bond acceptors (Lipinski definition) is 1. The first kappa shape index (κ1) is 8.47. The molecule has 0 aromatic carbocycles. The molecule has 0 aliphatic rings. The number of carbonyl (C=O) groups is 1. The lowest BCUT2D eigenvalue weighted by molar-refractivity contribution is -0.109. The first-order chi connectivity index (χ1) is 4.31. The Morgan fingerprint density at radius 2 is 2.33 bits per heavy atom. The molecule has 0 rings (SSSR count). The van der Waals surface area contributed by atoms with Gasteiger partial charge < -0.3 is 5.32 Å². The van der Waals surface area contributed by atoms with Crippen molar-refractivity contribution in [3.05, 3.63) is 0 Å². The number of nitrogens with one attached hydrogen (secondary N) is 1. The van der Waals surface area contributed by atoms with Gasteiger partial charge in [-0.3, -0.25) is 4.79 Å². The lowest BCUT2D eigenvalue weighted by atomic mass is 10.1. The Morgan fingerprint density at radius 3 is 2.78 bits per heavy atom. The molecule has 2 heteroatoms. The molecule has 9 heavy (non-hydrogen) atoms. The molecule has 0 bridgehead atoms. The molecule has 1 atom stereocenters. The van der Waals surface area contributed by atoms with Gasteiger partial charge in [-0.25, -0.2) is 0 Å². The number of rotatable bonds is 5. The zero-order chi connectivity index (χ0) is 7.11. The molecule has 0 saturated carbocycles. The van der Waals surface area contributed by atoms with Gasteiger partial charge in [0.2, 0.25) is 6.41 Å². The first-order valence-electron chi connectivity index (χ1n) is 3.48. The first-order valence-corrected chi connectivity index (χ1v) is 3.48. The second-order valence-corrected chi connectivity index (χ2v) is 2.42. The van der Waals surface area contributed by atoms with E-state index in [0.29, 0.717) is 5.92 Å². The Bertz CT molecular complexity index is 73.3. The highest BCUT2D eigenvalue weighted by atomic mass is 16.1. The second-order valence-electron chi connectivity index (χ2n) is 2.42. The zero-order valence-electron chi connectivity index (χ0n) is 6.18. The fourth-order valence-electron chi connectivity index (χ4n) is 0.844. The summed E-state index contributed by atoms with van der Waals surface area (Å²) in [7, 11) is 0. The van der Waals surface area contributed by atoms with Crippen molar-refractivity contribution in [1.82, 2.24) is 5.32 Å². The summed E-state index contributed by atoms with van der Waals surface area (Å²) in [6.07, 6.45) is 3.15. The molecule has 54 valence electrons. The molecule has 1 N–H and O–H groups in total. The molecule has 0 aliphatic heterocycles. The summed E-state index contributed by atoms with van der Waals surface area (Å²) < 4.78 is 0. The van der Waals surface area contributed by atoms with E-state index in [4.69, 9.17) is 0 Å². The highest BCUT2D eigenvalue weighted by Gasteiger charge is 1.96. The van der Waals surface area contributed by atoms with E-state index in [1.807, 2.05) is 0 Å². The van der Waals surface area contributed by atoms with Crippen molar-refractivity contribution in [3.8, 4) is 0 Å². The molecule has 0 radical (unpaired) electrons. The summed E-state index contributed by atoms with van der Waals surface area (Å²) in [6.45, 7) is 5.11. The maximum absolute atomic E-state index is 9.80. The van der Waals surface area contributed by atoms with Gasteiger partial charge in [-0.05, 0) is 12.3 Å². The molecule has 0 saturated heterocycles. The van der Waals surface area contributed by atoms with Crippen LogP contribution in [0.5, 0.6) is 0 Å². The van der Waals surface area contributed by atoms with Crippen LogP contribution < -0.4 is 5.32 Å². The van der Waals surface area contributed by atoms with Crippen LogP contribution in [-0.2, 0) is 4.79 Å². The predicted molar refractivity (Wildman–Crippen MR) is 38.1 cm³/mol. The summed E-state index contributed by atoms with van der Waals surface area (Å²) in [6, 6.07) is 0. The van der Waals surface area contributed by atoms with Crippen LogP contribution in [0.25, 0.3) is 0 Å². The lowest BCUT2D eigenvalue weighted by Crippen LogP contribution is -2.18. The van der Waals surface area contributed by atoms with Crippen LogP contribution in [0.15, 0.2) is 0 Å². The molecule has 2 nitrogen and oxygen atoms in total. The molecular weight excluding hydrogens is 114 g/mol. The minimum Gasteiger partial charge on any atom is -0.358 e. The highest BCUT2D eigenvalue weighted by molar-refractivity contribution is 5.45. The van der Waals surface area contributed by atoms with Crippen molar-refractivity contribution in [3.63, 3.8) is 0 Å². The Hall–Kier alpha value is -0.530. The molecule has 0 heterocycles. The maximum atomic E-state index is 9.80. The standard InChI is InChI=1S/C7H15NO/c1-3-4-7(2)5-8-6-9/h6-7H,3-5H2,1-2H3,(H,8,9). The van der Waals surface area contributed by atoms with Gasteiger partial charge in [0.1, 0.15) is 0 Å². The number of carbonyl (C=O) groups excluding carboxylic acids is 1. The summed E-state index contributed by atoms with van der Waals surface area (Å²) >= 11 is 0. The predicted octanol–water partition coefficient (Wildman–Crippen LogP) is 1.17. The normalized spacial score (nSPS) is 12.7. The topological polar surface area (TPSA) is 29.1 Å². The van der Waals surface area contributed by atoms with Gasteiger partial charge in [0, 0.05) is 6.54 Å². The highest BCUT2D eigenvalue weighted by Crippen LogP contribution is 2.01. The van der Waals surface area contributed by atoms with Gasteiger partial charge in [0.05, 0.1) is 0 Å². The monoisotopic (exact) mass is 129 g/mol. The SMILES string of the molecule is CCCC(C)CNC=O. The van der Waals surface area contributed by atoms with Crippen molar-refractivity contribution < 1.29 is 4.79 Å². The van der Waals surface area contributed by atoms with E-state index in [0.717, 1.165) is 13.0 Å². The van der Waals surface area contributed by atoms with Crippen molar-refractivity contribution in [2.45, 2.75) is 26.7 Å².